The molecule has 0 amide bonds. The number of rotatable bonds is 6. The number of hydrogen-bond acceptors (Lipinski definition) is 8. The number of nitrogens with zero attached hydrogens (tertiary/aromatic N) is 1. The molecule has 1 fully saturated rings. The molecule has 0 spiro atoms. The molecule has 142 valence electrons. The Morgan fingerprint density at radius 3 is 2.54 bits per heavy atom. The first-order valence-corrected chi connectivity index (χ1v) is 12.3. The zero-order chi connectivity index (χ0) is 18.9. The van der Waals surface area contributed by atoms with Crippen LogP contribution in [0.15, 0.2) is 38.5 Å². The van der Waals surface area contributed by atoms with Gasteiger partial charge in [-0.3, -0.25) is 0 Å². The highest BCUT2D eigenvalue weighted by Crippen LogP contribution is 2.35. The number of sulfone groups is 2. The fraction of sp³-hybridized carbons (Fsp3) is 0.400. The fourth-order valence-corrected chi connectivity index (χ4v) is 6.13. The summed E-state index contributed by atoms with van der Waals surface area (Å²) in [6, 6.07) is 5.64. The van der Waals surface area contributed by atoms with E-state index in [1.54, 1.807) is 0 Å². The molecule has 1 saturated heterocycles. The molecule has 26 heavy (non-hydrogen) atoms. The lowest BCUT2D eigenvalue weighted by Crippen LogP contribution is -2.19. The summed E-state index contributed by atoms with van der Waals surface area (Å²) in [6.45, 7) is 1.05. The Hall–Kier alpha value is -1.20. The van der Waals surface area contributed by atoms with E-state index in [1.165, 1.54) is 24.3 Å². The van der Waals surface area contributed by atoms with Crippen LogP contribution in [0.1, 0.15) is 12.8 Å². The van der Waals surface area contributed by atoms with Crippen LogP contribution in [0.4, 0.5) is 5.00 Å². The maximum Gasteiger partial charge on any atom is 0.226 e. The van der Waals surface area contributed by atoms with Crippen molar-refractivity contribution >= 4 is 47.6 Å². The molecule has 3 rings (SSSR count). The lowest BCUT2D eigenvalue weighted by atomic mass is 10.2. The Kier molecular flexibility index (Phi) is 5.59. The van der Waals surface area contributed by atoms with Crippen LogP contribution in [0, 0.1) is 0 Å². The third-order valence-corrected chi connectivity index (χ3v) is 8.56. The normalized spacial score (nSPS) is 18.2. The van der Waals surface area contributed by atoms with Gasteiger partial charge in [0.25, 0.3) is 0 Å². The molecule has 1 unspecified atom stereocenters. The topological polar surface area (TPSA) is 102 Å². The Bertz CT molecular complexity index is 994. The molecule has 0 saturated carbocycles. The summed E-state index contributed by atoms with van der Waals surface area (Å²) in [4.78, 5) is 3.90. The predicted molar refractivity (Wildman–Crippen MR) is 99.6 cm³/mol. The zero-order valence-electron chi connectivity index (χ0n) is 13.8. The van der Waals surface area contributed by atoms with Crippen molar-refractivity contribution in [3.8, 4) is 0 Å². The Balaban J connectivity index is 2.00. The van der Waals surface area contributed by atoms with Crippen molar-refractivity contribution < 1.29 is 21.6 Å². The maximum atomic E-state index is 12.9. The van der Waals surface area contributed by atoms with Gasteiger partial charge in [0.2, 0.25) is 24.0 Å². The van der Waals surface area contributed by atoms with Crippen LogP contribution in [-0.2, 0) is 24.4 Å². The fourth-order valence-electron chi connectivity index (χ4n) is 2.48. The number of ether oxygens (including phenoxy) is 1. The molecular weight excluding hydrogens is 420 g/mol. The van der Waals surface area contributed by atoms with Crippen molar-refractivity contribution in [2.45, 2.75) is 33.2 Å². The van der Waals surface area contributed by atoms with E-state index >= 15 is 0 Å². The highest BCUT2D eigenvalue weighted by molar-refractivity contribution is 7.93. The van der Waals surface area contributed by atoms with Gasteiger partial charge in [0.1, 0.15) is 5.00 Å². The van der Waals surface area contributed by atoms with Crippen molar-refractivity contribution in [1.29, 1.82) is 0 Å². The van der Waals surface area contributed by atoms with Crippen LogP contribution in [0.3, 0.4) is 0 Å². The highest BCUT2D eigenvalue weighted by Gasteiger charge is 2.29. The second-order valence-electron chi connectivity index (χ2n) is 5.86. The molecule has 1 N–H and O–H groups in total. The molecule has 0 aliphatic carbocycles. The molecule has 1 aromatic carbocycles. The summed E-state index contributed by atoms with van der Waals surface area (Å²) >= 11 is 6.61. The van der Waals surface area contributed by atoms with Crippen molar-refractivity contribution in [2.75, 3.05) is 24.7 Å². The van der Waals surface area contributed by atoms with E-state index in [0.717, 1.165) is 30.4 Å². The number of aromatic nitrogens is 1. The number of anilines is 1. The first kappa shape index (κ1) is 19.6. The predicted octanol–water partition coefficient (Wildman–Crippen LogP) is 2.62. The first-order valence-electron chi connectivity index (χ1n) is 7.75. The van der Waals surface area contributed by atoms with Gasteiger partial charge in [-0.2, -0.15) is 0 Å². The van der Waals surface area contributed by atoms with Crippen LogP contribution in [-0.4, -0.2) is 47.3 Å². The Morgan fingerprint density at radius 2 is 1.96 bits per heavy atom. The average Bonchev–Trinajstić information content (AvgIpc) is 3.22. The minimum atomic E-state index is -4.00. The highest BCUT2D eigenvalue weighted by atomic mass is 35.5. The average molecular weight is 437 g/mol. The van der Waals surface area contributed by atoms with E-state index in [4.69, 9.17) is 16.3 Å². The van der Waals surface area contributed by atoms with E-state index in [-0.39, 0.29) is 25.4 Å². The lowest BCUT2D eigenvalue weighted by molar-refractivity contribution is 0.120. The summed E-state index contributed by atoms with van der Waals surface area (Å²) in [5.41, 5.74) is 0. The first-order chi connectivity index (χ1) is 12.2. The van der Waals surface area contributed by atoms with E-state index in [2.05, 4.69) is 10.3 Å². The second kappa shape index (κ2) is 7.43. The van der Waals surface area contributed by atoms with Crippen molar-refractivity contribution in [1.82, 2.24) is 4.98 Å². The molecule has 0 radical (unpaired) electrons. The molecule has 1 aliphatic rings. The standard InChI is InChI=1S/C15H17ClN2O5S3/c1-25(19,20)15-18-14(13(24-15)17-9-11-3-2-8-23-11)26(21,22)12-6-4-10(16)5-7-12/h4-7,11,17H,2-3,8-9H2,1H3. The summed E-state index contributed by atoms with van der Waals surface area (Å²) < 4.78 is 54.8. The van der Waals surface area contributed by atoms with Crippen LogP contribution >= 0.6 is 22.9 Å². The van der Waals surface area contributed by atoms with Gasteiger partial charge in [0, 0.05) is 24.4 Å². The van der Waals surface area contributed by atoms with E-state index in [0.29, 0.717) is 18.2 Å². The molecule has 1 atom stereocenters. The van der Waals surface area contributed by atoms with Gasteiger partial charge in [-0.25, -0.2) is 21.8 Å². The number of hydrogen-bond donors (Lipinski definition) is 1. The van der Waals surface area contributed by atoms with Crippen molar-refractivity contribution in [3.63, 3.8) is 0 Å². The maximum absolute atomic E-state index is 12.9. The molecule has 1 aliphatic heterocycles. The Labute approximate surface area is 161 Å². The third kappa shape index (κ3) is 4.20. The van der Waals surface area contributed by atoms with Gasteiger partial charge in [-0.1, -0.05) is 22.9 Å². The number of halogens is 1. The van der Waals surface area contributed by atoms with Crippen LogP contribution in [0.25, 0.3) is 0 Å². The number of thiazole rings is 1. The van der Waals surface area contributed by atoms with Crippen LogP contribution < -0.4 is 5.32 Å². The molecule has 2 aromatic rings. The SMILES string of the molecule is CS(=O)(=O)c1nc(S(=O)(=O)c2ccc(Cl)cc2)c(NCC2CCCO2)s1. The smallest absolute Gasteiger partial charge is 0.226 e. The second-order valence-corrected chi connectivity index (χ2v) is 11.3. The largest absolute Gasteiger partial charge is 0.376 e. The van der Waals surface area contributed by atoms with Gasteiger partial charge in [0.15, 0.2) is 5.03 Å². The van der Waals surface area contributed by atoms with Crippen LogP contribution in [0.5, 0.6) is 0 Å². The quantitative estimate of drug-likeness (QED) is 0.742. The summed E-state index contributed by atoms with van der Waals surface area (Å²) in [5, 5.41) is 3.28. The van der Waals surface area contributed by atoms with E-state index in [1.807, 2.05) is 0 Å². The minimum absolute atomic E-state index is 0.00702. The van der Waals surface area contributed by atoms with Gasteiger partial charge in [-0.15, -0.1) is 0 Å². The zero-order valence-corrected chi connectivity index (χ0v) is 17.0. The molecule has 0 bridgehead atoms. The van der Waals surface area contributed by atoms with Crippen LogP contribution in [0.2, 0.25) is 5.02 Å². The molecule has 2 heterocycles. The summed E-state index contributed by atoms with van der Waals surface area (Å²) in [6.07, 6.45) is 2.77. The van der Waals surface area contributed by atoms with Gasteiger partial charge >= 0.3 is 0 Å². The molecule has 7 nitrogen and oxygen atoms in total. The number of benzene rings is 1. The van der Waals surface area contributed by atoms with Crippen molar-refractivity contribution in [3.05, 3.63) is 29.3 Å². The van der Waals surface area contributed by atoms with Gasteiger partial charge in [-0.05, 0) is 37.1 Å². The molecular formula is C15H17ClN2O5S3. The van der Waals surface area contributed by atoms with E-state index < -0.39 is 19.7 Å². The summed E-state index contributed by atoms with van der Waals surface area (Å²) in [5.74, 6) is 0. The Morgan fingerprint density at radius 1 is 1.27 bits per heavy atom. The molecule has 1 aromatic heterocycles. The minimum Gasteiger partial charge on any atom is -0.376 e. The number of nitrogens with one attached hydrogen (secondary N) is 1. The van der Waals surface area contributed by atoms with Gasteiger partial charge in [0.05, 0.1) is 11.0 Å². The monoisotopic (exact) mass is 436 g/mol. The van der Waals surface area contributed by atoms with Gasteiger partial charge < -0.3 is 10.1 Å². The lowest BCUT2D eigenvalue weighted by Gasteiger charge is -2.11. The van der Waals surface area contributed by atoms with Crippen molar-refractivity contribution in [2.24, 2.45) is 0 Å². The summed E-state index contributed by atoms with van der Waals surface area (Å²) in [7, 11) is -7.64. The van der Waals surface area contributed by atoms with E-state index in [9.17, 15) is 16.8 Å². The third-order valence-electron chi connectivity index (χ3n) is 3.79. The molecule has 11 heteroatoms.